The molecule has 576 valence electrons. The van der Waals surface area contributed by atoms with Crippen LogP contribution in [0.4, 0.5) is 0 Å². The summed E-state index contributed by atoms with van der Waals surface area (Å²) in [7, 11) is 0. The number of fused-ring (bicyclic) bond motifs is 6. The molecule has 0 saturated carbocycles. The van der Waals surface area contributed by atoms with E-state index in [-0.39, 0.29) is 70.4 Å². The normalized spacial score (nSPS) is 13.9. The van der Waals surface area contributed by atoms with E-state index in [0.717, 1.165) is 0 Å². The second-order valence-corrected chi connectivity index (χ2v) is 46.0. The molecule has 0 amide bonds. The molecule has 0 aliphatic carbocycles. The van der Waals surface area contributed by atoms with Crippen LogP contribution < -0.4 is 0 Å². The van der Waals surface area contributed by atoms with E-state index < -0.39 is 0 Å². The standard InChI is InChI=1S/C58H77N.C48H65N/c1-52(2,3)38-27-36(28-39(31-38)53(4,5)6)45-23-22-24-47-49(45)50-48(59(47)44-34-42(56(13,14)15)33-43(35-44)57(16,17)18)26-25-46(51(50)58(19,20)21)37-29-40(54(7,8)9)32-41(30-37)55(10,11)12;1-43(2,3)31-24-30(25-32(26-31)44(4,5)6)36-20-19-21-38-40(36)41-39(23-22-37(47(13,14)15)42(41)48(16,17)18)49(38)35-28-33(45(7,8)9)27-34(29-35)46(10,11)12/h22-35H,1-21H3;19-29H,1-18H3. The molecule has 0 aliphatic heterocycles. The van der Waals surface area contributed by atoms with Crippen molar-refractivity contribution < 1.29 is 0 Å². The van der Waals surface area contributed by atoms with Gasteiger partial charge in [-0.2, -0.15) is 0 Å². The molecular formula is C106H142N2. The fourth-order valence-electron chi connectivity index (χ4n) is 15.9. The third kappa shape index (κ3) is 16.8. The highest BCUT2D eigenvalue weighted by molar-refractivity contribution is 6.20. The van der Waals surface area contributed by atoms with Gasteiger partial charge in [-0.05, 0) is 225 Å². The van der Waals surface area contributed by atoms with Gasteiger partial charge >= 0.3 is 0 Å². The summed E-state index contributed by atoms with van der Waals surface area (Å²) in [6, 6.07) is 60.7. The Morgan fingerprint density at radius 1 is 0.176 bits per heavy atom. The first kappa shape index (κ1) is 83.1. The molecule has 0 atom stereocenters. The van der Waals surface area contributed by atoms with E-state index in [0.29, 0.717) is 0 Å². The van der Waals surface area contributed by atoms with Crippen LogP contribution in [0.3, 0.4) is 0 Å². The summed E-state index contributed by atoms with van der Waals surface area (Å²) in [5.41, 5.74) is 33.3. The first-order chi connectivity index (χ1) is 48.8. The fourth-order valence-corrected chi connectivity index (χ4v) is 15.9. The molecule has 0 N–H and O–H groups in total. The number of benzene rings is 9. The highest BCUT2D eigenvalue weighted by Crippen LogP contribution is 2.52. The minimum atomic E-state index is -0.172. The van der Waals surface area contributed by atoms with Gasteiger partial charge < -0.3 is 9.13 Å². The third-order valence-electron chi connectivity index (χ3n) is 23.0. The molecule has 0 aliphatic rings. The molecule has 2 aromatic heterocycles. The monoisotopic (exact) mass is 1440 g/mol. The molecule has 9 aromatic carbocycles. The topological polar surface area (TPSA) is 9.86 Å². The molecule has 0 bridgehead atoms. The Balaban J connectivity index is 0.000000234. The number of hydrogen-bond acceptors (Lipinski definition) is 0. The number of hydrogen-bond donors (Lipinski definition) is 0. The Kier molecular flexibility index (Phi) is 20.9. The van der Waals surface area contributed by atoms with Crippen LogP contribution in [0, 0.1) is 0 Å². The van der Waals surface area contributed by atoms with E-state index >= 15 is 0 Å². The Morgan fingerprint density at radius 2 is 0.398 bits per heavy atom. The zero-order valence-corrected chi connectivity index (χ0v) is 75.3. The second kappa shape index (κ2) is 27.2. The van der Waals surface area contributed by atoms with Crippen LogP contribution in [0.25, 0.3) is 88.4 Å². The van der Waals surface area contributed by atoms with Crippen LogP contribution in [0.15, 0.2) is 152 Å². The van der Waals surface area contributed by atoms with Crippen LogP contribution in [0.2, 0.25) is 0 Å². The maximum absolute atomic E-state index is 2.60. The van der Waals surface area contributed by atoms with Gasteiger partial charge in [-0.1, -0.05) is 373 Å². The molecule has 2 nitrogen and oxygen atoms in total. The quantitative estimate of drug-likeness (QED) is 0.163. The smallest absolute Gasteiger partial charge is 0.0547 e. The van der Waals surface area contributed by atoms with Crippen molar-refractivity contribution in [3.8, 4) is 44.8 Å². The first-order valence-electron chi connectivity index (χ1n) is 40.8. The van der Waals surface area contributed by atoms with E-state index in [1.165, 1.54) is 161 Å². The summed E-state index contributed by atoms with van der Waals surface area (Å²) in [6.45, 7) is 91.9. The van der Waals surface area contributed by atoms with Gasteiger partial charge in [-0.15, -0.1) is 0 Å². The van der Waals surface area contributed by atoms with Crippen molar-refractivity contribution in [3.05, 3.63) is 224 Å². The molecule has 11 aromatic rings. The average molecular weight is 1440 g/mol. The van der Waals surface area contributed by atoms with Crippen LogP contribution in [-0.4, -0.2) is 9.13 Å². The Morgan fingerprint density at radius 3 is 0.639 bits per heavy atom. The van der Waals surface area contributed by atoms with Gasteiger partial charge in [0.25, 0.3) is 0 Å². The zero-order valence-electron chi connectivity index (χ0n) is 75.3. The SMILES string of the molecule is CC(C)(C)c1cc(-c2ccc3c(c2C(C)(C)C)c2c(-c4cc(C(C)(C)C)cc(C(C)(C)C)c4)cccc2n3-c2cc(C(C)(C)C)cc(C(C)(C)C)c2)cc(C(C)(C)C)c1.CC(C)(C)c1cc(-c2cccc3c2c2c(C(C)(C)C)c(C(C)(C)C)ccc2n3-c2cc(C(C)(C)C)cc(C(C)(C)C)c2)cc(C(C)(C)C)c1. The fraction of sp³-hybridized carbons (Fsp3) is 0.491. The Bertz CT molecular complexity index is 5080. The highest BCUT2D eigenvalue weighted by Gasteiger charge is 2.36. The molecule has 0 fully saturated rings. The maximum atomic E-state index is 2.60. The first-order valence-corrected chi connectivity index (χ1v) is 40.8. The van der Waals surface area contributed by atoms with Crippen LogP contribution >= 0.6 is 0 Å². The van der Waals surface area contributed by atoms with E-state index in [1.54, 1.807) is 0 Å². The van der Waals surface area contributed by atoms with Crippen LogP contribution in [-0.2, 0) is 70.4 Å². The molecular weight excluding hydrogens is 1300 g/mol. The molecule has 108 heavy (non-hydrogen) atoms. The number of nitrogens with zero attached hydrogens (tertiary/aromatic N) is 2. The molecule has 11 rings (SSSR count). The molecule has 0 saturated heterocycles. The lowest BCUT2D eigenvalue weighted by atomic mass is 9.73. The number of aromatic nitrogens is 2. The van der Waals surface area contributed by atoms with Gasteiger partial charge in [0.2, 0.25) is 0 Å². The minimum absolute atomic E-state index is 0.00122. The summed E-state index contributed by atoms with van der Waals surface area (Å²) in [5.74, 6) is 0. The van der Waals surface area contributed by atoms with Crippen molar-refractivity contribution >= 4 is 43.6 Å². The van der Waals surface area contributed by atoms with Gasteiger partial charge in [0.1, 0.15) is 0 Å². The second-order valence-electron chi connectivity index (χ2n) is 46.0. The van der Waals surface area contributed by atoms with Gasteiger partial charge in [0.05, 0.1) is 22.1 Å². The molecule has 2 heterocycles. The lowest BCUT2D eigenvalue weighted by Gasteiger charge is -2.31. The van der Waals surface area contributed by atoms with Crippen molar-refractivity contribution in [2.75, 3.05) is 0 Å². The lowest BCUT2D eigenvalue weighted by molar-refractivity contribution is 0.535. The Labute approximate surface area is 657 Å². The highest BCUT2D eigenvalue weighted by atomic mass is 15.0. The average Bonchev–Trinajstić information content (AvgIpc) is 1.55. The largest absolute Gasteiger partial charge is 0.309 e. The molecule has 2 heteroatoms. The zero-order chi connectivity index (χ0) is 81.1. The van der Waals surface area contributed by atoms with E-state index in [2.05, 4.69) is 431 Å². The third-order valence-corrected chi connectivity index (χ3v) is 23.0. The van der Waals surface area contributed by atoms with Crippen molar-refractivity contribution in [1.82, 2.24) is 9.13 Å². The summed E-state index contributed by atoms with van der Waals surface area (Å²) < 4.78 is 5.18. The molecule has 0 radical (unpaired) electrons. The predicted molar refractivity (Wildman–Crippen MR) is 481 cm³/mol. The van der Waals surface area contributed by atoms with Gasteiger partial charge in [-0.25, -0.2) is 0 Å². The van der Waals surface area contributed by atoms with Crippen molar-refractivity contribution in [1.29, 1.82) is 0 Å². The molecule has 0 unspecified atom stereocenters. The summed E-state index contributed by atoms with van der Waals surface area (Å²) in [6.07, 6.45) is 0. The van der Waals surface area contributed by atoms with Gasteiger partial charge in [0.15, 0.2) is 0 Å². The van der Waals surface area contributed by atoms with Crippen LogP contribution in [0.5, 0.6) is 0 Å². The van der Waals surface area contributed by atoms with Gasteiger partial charge in [0, 0.05) is 32.9 Å². The lowest BCUT2D eigenvalue weighted by Crippen LogP contribution is -2.22. The summed E-state index contributed by atoms with van der Waals surface area (Å²) in [4.78, 5) is 0. The Hall–Kier alpha value is -7.42. The van der Waals surface area contributed by atoms with Crippen molar-refractivity contribution in [2.24, 2.45) is 0 Å². The van der Waals surface area contributed by atoms with Crippen molar-refractivity contribution in [2.45, 2.75) is 340 Å². The van der Waals surface area contributed by atoms with Crippen molar-refractivity contribution in [3.63, 3.8) is 0 Å². The minimum Gasteiger partial charge on any atom is -0.309 e. The van der Waals surface area contributed by atoms with Gasteiger partial charge in [-0.3, -0.25) is 0 Å². The summed E-state index contributed by atoms with van der Waals surface area (Å²) >= 11 is 0. The van der Waals surface area contributed by atoms with E-state index in [9.17, 15) is 0 Å². The summed E-state index contributed by atoms with van der Waals surface area (Å²) in [5, 5.41) is 5.44. The number of rotatable bonds is 5. The van der Waals surface area contributed by atoms with E-state index in [1.807, 2.05) is 0 Å². The predicted octanol–water partition coefficient (Wildman–Crippen LogP) is 31.4. The van der Waals surface area contributed by atoms with Crippen LogP contribution in [0.1, 0.15) is 342 Å². The maximum Gasteiger partial charge on any atom is 0.0547 e. The molecule has 0 spiro atoms. The van der Waals surface area contributed by atoms with E-state index in [4.69, 9.17) is 0 Å².